The number of aromatic amines is 1. The van der Waals surface area contributed by atoms with Gasteiger partial charge in [-0.05, 0) is 43.6 Å². The van der Waals surface area contributed by atoms with Crippen LogP contribution in [-0.2, 0) is 25.6 Å². The van der Waals surface area contributed by atoms with Gasteiger partial charge in [-0.25, -0.2) is 9.78 Å². The fourth-order valence-corrected chi connectivity index (χ4v) is 4.44. The van der Waals surface area contributed by atoms with Crippen LogP contribution in [0.2, 0.25) is 0 Å². The molecule has 1 aliphatic rings. The number of aliphatic carboxylic acids is 1. The van der Waals surface area contributed by atoms with E-state index in [1.807, 2.05) is 20.1 Å². The largest absolute Gasteiger partial charge is 0.480 e. The second-order valence-corrected chi connectivity index (χ2v) is 9.93. The number of carbonyl (C=O) groups is 4. The molecule has 4 unspecified atom stereocenters. The number of rotatable bonds is 13. The molecule has 2 heterocycles. The summed E-state index contributed by atoms with van der Waals surface area (Å²) in [5.74, 6) is -1.66. The lowest BCUT2D eigenvalue weighted by atomic mass is 10.0. The summed E-state index contributed by atoms with van der Waals surface area (Å²) in [5.41, 5.74) is 6.63. The maximum absolute atomic E-state index is 13.3. The number of nitrogens with two attached hydrogens (primary N) is 1. The average Bonchev–Trinajstić information content (AvgIpc) is 3.47. The number of aromatic nitrogens is 2. The van der Waals surface area contributed by atoms with Crippen LogP contribution >= 0.6 is 11.8 Å². The smallest absolute Gasteiger partial charge is 0.326 e. The Labute approximate surface area is 204 Å². The zero-order valence-corrected chi connectivity index (χ0v) is 20.8. The van der Waals surface area contributed by atoms with Crippen molar-refractivity contribution in [3.63, 3.8) is 0 Å². The van der Waals surface area contributed by atoms with Gasteiger partial charge < -0.3 is 31.4 Å². The highest BCUT2D eigenvalue weighted by Gasteiger charge is 2.38. The van der Waals surface area contributed by atoms with Crippen LogP contribution in [0.1, 0.15) is 45.2 Å². The van der Waals surface area contributed by atoms with Crippen molar-refractivity contribution in [3.05, 3.63) is 18.2 Å². The van der Waals surface area contributed by atoms with Gasteiger partial charge in [-0.15, -0.1) is 0 Å². The van der Waals surface area contributed by atoms with Crippen LogP contribution < -0.4 is 16.4 Å². The molecule has 190 valence electrons. The van der Waals surface area contributed by atoms with Gasteiger partial charge in [0.25, 0.3) is 0 Å². The molecule has 6 N–H and O–H groups in total. The van der Waals surface area contributed by atoms with Gasteiger partial charge in [-0.2, -0.15) is 11.8 Å². The van der Waals surface area contributed by atoms with Gasteiger partial charge in [0.15, 0.2) is 0 Å². The Kier molecular flexibility index (Phi) is 10.8. The molecule has 0 spiro atoms. The van der Waals surface area contributed by atoms with Gasteiger partial charge >= 0.3 is 5.97 Å². The fourth-order valence-electron chi connectivity index (χ4n) is 3.97. The number of carbonyl (C=O) groups excluding carboxylic acids is 3. The monoisotopic (exact) mass is 496 g/mol. The minimum absolute atomic E-state index is 0.136. The molecule has 3 amide bonds. The molecule has 0 saturated carbocycles. The van der Waals surface area contributed by atoms with E-state index in [-0.39, 0.29) is 12.3 Å². The minimum atomic E-state index is -1.05. The quantitative estimate of drug-likeness (QED) is 0.256. The third-order valence-electron chi connectivity index (χ3n) is 5.72. The fraction of sp³-hybridized carbons (Fsp3) is 0.682. The number of likely N-dealkylation sites (tertiary alicyclic amines) is 1. The number of hydrogen-bond acceptors (Lipinski definition) is 7. The summed E-state index contributed by atoms with van der Waals surface area (Å²) in [6.45, 7) is 4.24. The Hall–Kier alpha value is -2.60. The maximum atomic E-state index is 13.3. The van der Waals surface area contributed by atoms with E-state index in [0.29, 0.717) is 43.7 Å². The summed E-state index contributed by atoms with van der Waals surface area (Å²) in [6, 6.07) is -3.54. The van der Waals surface area contributed by atoms with E-state index in [9.17, 15) is 24.3 Å². The lowest BCUT2D eigenvalue weighted by Crippen LogP contribution is -2.57. The zero-order chi connectivity index (χ0) is 25.3. The molecule has 11 nitrogen and oxygen atoms in total. The molecule has 12 heteroatoms. The Morgan fingerprint density at radius 1 is 1.26 bits per heavy atom. The number of H-pyrrole nitrogens is 1. The first kappa shape index (κ1) is 27.6. The van der Waals surface area contributed by atoms with Crippen LogP contribution in [-0.4, -0.2) is 86.4 Å². The number of thioether (sulfide) groups is 1. The maximum Gasteiger partial charge on any atom is 0.326 e. The van der Waals surface area contributed by atoms with E-state index in [1.54, 1.807) is 6.20 Å². The van der Waals surface area contributed by atoms with Crippen molar-refractivity contribution in [2.75, 3.05) is 18.6 Å². The molecule has 1 aromatic heterocycles. The lowest BCUT2D eigenvalue weighted by molar-refractivity contribution is -0.149. The molecule has 4 atom stereocenters. The lowest BCUT2D eigenvalue weighted by Gasteiger charge is -2.29. The first-order chi connectivity index (χ1) is 16.1. The highest BCUT2D eigenvalue weighted by atomic mass is 32.2. The first-order valence-electron chi connectivity index (χ1n) is 11.5. The molecule has 0 aromatic carbocycles. The molecule has 0 radical (unpaired) electrons. The number of carboxylic acid groups (broad SMARTS) is 1. The second kappa shape index (κ2) is 13.3. The number of carboxylic acids is 1. The number of hydrogen-bond donors (Lipinski definition) is 5. The van der Waals surface area contributed by atoms with Crippen LogP contribution in [0, 0.1) is 5.92 Å². The highest BCUT2D eigenvalue weighted by Crippen LogP contribution is 2.20. The predicted octanol–water partition coefficient (Wildman–Crippen LogP) is 0.124. The number of nitrogens with one attached hydrogen (secondary N) is 3. The Balaban J connectivity index is 2.17. The number of imidazole rings is 1. The van der Waals surface area contributed by atoms with E-state index in [4.69, 9.17) is 5.73 Å². The van der Waals surface area contributed by atoms with Crippen molar-refractivity contribution in [1.82, 2.24) is 25.5 Å². The standard InChI is InChI=1S/C22H36N6O5S/c1-13(2)9-15(23)19(29)27-17(10-14-11-24-12-25-14)20(30)26-16(6-8-34-3)21(31)28-7-4-5-18(28)22(32)33/h11-13,15-18H,4-10,23H2,1-3H3,(H,24,25)(H,26,30)(H,27,29)(H,32,33). The third kappa shape index (κ3) is 8.01. The minimum Gasteiger partial charge on any atom is -0.480 e. The van der Waals surface area contributed by atoms with Gasteiger partial charge in [-0.1, -0.05) is 13.8 Å². The van der Waals surface area contributed by atoms with Crippen molar-refractivity contribution in [3.8, 4) is 0 Å². The number of nitrogens with zero attached hydrogens (tertiary/aromatic N) is 2. The third-order valence-corrected chi connectivity index (χ3v) is 6.36. The van der Waals surface area contributed by atoms with Crippen LogP contribution in [0.5, 0.6) is 0 Å². The normalized spacial score (nSPS) is 18.4. The van der Waals surface area contributed by atoms with Crippen LogP contribution in [0.4, 0.5) is 0 Å². The molecule has 1 fully saturated rings. The Bertz CT molecular complexity index is 834. The molecule has 34 heavy (non-hydrogen) atoms. The van der Waals surface area contributed by atoms with Crippen molar-refractivity contribution in [2.45, 2.75) is 70.1 Å². The molecule has 0 aliphatic carbocycles. The van der Waals surface area contributed by atoms with Crippen LogP contribution in [0.15, 0.2) is 12.5 Å². The van der Waals surface area contributed by atoms with Crippen molar-refractivity contribution in [1.29, 1.82) is 0 Å². The summed E-state index contributed by atoms with van der Waals surface area (Å²) in [7, 11) is 0. The number of amides is 3. The molecule has 1 saturated heterocycles. The SMILES string of the molecule is CSCCC(NC(=O)C(Cc1cnc[nH]1)NC(=O)C(N)CC(C)C)C(=O)N1CCCC1C(=O)O. The van der Waals surface area contributed by atoms with Crippen molar-refractivity contribution < 1.29 is 24.3 Å². The second-order valence-electron chi connectivity index (χ2n) is 8.95. The van der Waals surface area contributed by atoms with E-state index < -0.39 is 47.9 Å². The van der Waals surface area contributed by atoms with E-state index >= 15 is 0 Å². The molecule has 1 aliphatic heterocycles. The predicted molar refractivity (Wildman–Crippen MR) is 129 cm³/mol. The van der Waals surface area contributed by atoms with Crippen molar-refractivity contribution in [2.24, 2.45) is 11.7 Å². The summed E-state index contributed by atoms with van der Waals surface area (Å²) in [5, 5.41) is 14.9. The van der Waals surface area contributed by atoms with Gasteiger partial charge in [0.2, 0.25) is 17.7 Å². The van der Waals surface area contributed by atoms with E-state index in [1.165, 1.54) is 23.0 Å². The Morgan fingerprint density at radius 2 is 1.97 bits per heavy atom. The van der Waals surface area contributed by atoms with E-state index in [0.717, 1.165) is 0 Å². The van der Waals surface area contributed by atoms with E-state index in [2.05, 4.69) is 20.6 Å². The van der Waals surface area contributed by atoms with Gasteiger partial charge in [0, 0.05) is 24.9 Å². The summed E-state index contributed by atoms with van der Waals surface area (Å²) < 4.78 is 0. The van der Waals surface area contributed by atoms with Crippen LogP contribution in [0.3, 0.4) is 0 Å². The molecular weight excluding hydrogens is 460 g/mol. The topological polar surface area (TPSA) is 171 Å². The summed E-state index contributed by atoms with van der Waals surface area (Å²) >= 11 is 1.52. The first-order valence-corrected chi connectivity index (χ1v) is 12.9. The molecule has 0 bridgehead atoms. The summed E-state index contributed by atoms with van der Waals surface area (Å²) in [4.78, 5) is 58.9. The Morgan fingerprint density at radius 3 is 2.56 bits per heavy atom. The molecular formula is C22H36N6O5S. The molecule has 2 rings (SSSR count). The van der Waals surface area contributed by atoms with Gasteiger partial charge in [-0.3, -0.25) is 14.4 Å². The highest BCUT2D eigenvalue weighted by molar-refractivity contribution is 7.98. The van der Waals surface area contributed by atoms with Crippen molar-refractivity contribution >= 4 is 35.5 Å². The zero-order valence-electron chi connectivity index (χ0n) is 20.0. The average molecular weight is 497 g/mol. The summed E-state index contributed by atoms with van der Waals surface area (Å²) in [6.07, 6.45) is 6.83. The van der Waals surface area contributed by atoms with Gasteiger partial charge in [0.1, 0.15) is 18.1 Å². The van der Waals surface area contributed by atoms with Gasteiger partial charge in [0.05, 0.1) is 12.4 Å². The van der Waals surface area contributed by atoms with Crippen LogP contribution in [0.25, 0.3) is 0 Å². The molecule has 1 aromatic rings.